The van der Waals surface area contributed by atoms with Gasteiger partial charge in [0.2, 0.25) is 0 Å². The van der Waals surface area contributed by atoms with Gasteiger partial charge < -0.3 is 23.7 Å². The molecule has 0 saturated heterocycles. The SMILES string of the molecule is CCC(C)COC(=O)c1ccc(-c2ccc(OCCCCCCCCCCCCOC(=O)C(C)(COC(C)=O)COC(C)=O)cc2)cc1. The first-order chi connectivity index (χ1) is 23.0. The van der Waals surface area contributed by atoms with Crippen LogP contribution in [-0.4, -0.2) is 56.9 Å². The number of hydrogen-bond donors (Lipinski definition) is 0. The van der Waals surface area contributed by atoms with Crippen LogP contribution < -0.4 is 4.74 Å². The zero-order valence-electron chi connectivity index (χ0n) is 29.7. The Bertz CT molecular complexity index is 1220. The summed E-state index contributed by atoms with van der Waals surface area (Å²) >= 11 is 0. The Balaban J connectivity index is 1.50. The molecular formula is C39H56O9. The topological polar surface area (TPSA) is 114 Å². The van der Waals surface area contributed by atoms with E-state index in [1.165, 1.54) is 39.5 Å². The molecule has 0 aliphatic heterocycles. The molecule has 0 fully saturated rings. The van der Waals surface area contributed by atoms with Gasteiger partial charge in [0.25, 0.3) is 0 Å². The van der Waals surface area contributed by atoms with Crippen LogP contribution in [-0.2, 0) is 33.3 Å². The molecule has 2 aromatic rings. The molecule has 0 heterocycles. The number of ether oxygens (including phenoxy) is 5. The van der Waals surface area contributed by atoms with E-state index in [-0.39, 0.29) is 25.8 Å². The van der Waals surface area contributed by atoms with Gasteiger partial charge in [-0.1, -0.05) is 95.9 Å². The van der Waals surface area contributed by atoms with Crippen LogP contribution in [0.15, 0.2) is 48.5 Å². The summed E-state index contributed by atoms with van der Waals surface area (Å²) in [5.74, 6) is -0.623. The Kier molecular flexibility index (Phi) is 19.0. The van der Waals surface area contributed by atoms with Gasteiger partial charge in [-0.25, -0.2) is 4.79 Å². The fraction of sp³-hybridized carbons (Fsp3) is 0.590. The number of carbonyl (C=O) groups is 4. The summed E-state index contributed by atoms with van der Waals surface area (Å²) < 4.78 is 26.7. The highest BCUT2D eigenvalue weighted by molar-refractivity contribution is 5.90. The molecule has 1 atom stereocenters. The largest absolute Gasteiger partial charge is 0.494 e. The molecule has 0 saturated carbocycles. The molecule has 0 aliphatic rings. The van der Waals surface area contributed by atoms with E-state index in [1.807, 2.05) is 48.5 Å². The lowest BCUT2D eigenvalue weighted by atomic mass is 9.93. The second kappa shape index (κ2) is 22.6. The molecule has 0 aromatic heterocycles. The van der Waals surface area contributed by atoms with Gasteiger partial charge in [0, 0.05) is 13.8 Å². The van der Waals surface area contributed by atoms with Gasteiger partial charge in [-0.3, -0.25) is 14.4 Å². The van der Waals surface area contributed by atoms with E-state index in [4.69, 9.17) is 23.7 Å². The van der Waals surface area contributed by atoms with Crippen molar-refractivity contribution in [1.29, 1.82) is 0 Å². The van der Waals surface area contributed by atoms with Crippen molar-refractivity contribution >= 4 is 23.9 Å². The number of hydrogen-bond acceptors (Lipinski definition) is 9. The third kappa shape index (κ3) is 16.3. The predicted molar refractivity (Wildman–Crippen MR) is 186 cm³/mol. The van der Waals surface area contributed by atoms with Crippen molar-refractivity contribution in [2.24, 2.45) is 11.3 Å². The van der Waals surface area contributed by atoms with Crippen molar-refractivity contribution in [2.75, 3.05) is 33.0 Å². The fourth-order valence-corrected chi connectivity index (χ4v) is 4.79. The van der Waals surface area contributed by atoms with Crippen molar-refractivity contribution in [3.8, 4) is 16.9 Å². The van der Waals surface area contributed by atoms with E-state index < -0.39 is 23.3 Å². The monoisotopic (exact) mass is 668 g/mol. The molecule has 0 amide bonds. The van der Waals surface area contributed by atoms with Crippen molar-refractivity contribution in [3.63, 3.8) is 0 Å². The van der Waals surface area contributed by atoms with Gasteiger partial charge in [-0.2, -0.15) is 0 Å². The molecular weight excluding hydrogens is 612 g/mol. The van der Waals surface area contributed by atoms with E-state index in [0.717, 1.165) is 61.8 Å². The molecule has 0 spiro atoms. The summed E-state index contributed by atoms with van der Waals surface area (Å²) in [6.07, 6.45) is 11.9. The lowest BCUT2D eigenvalue weighted by molar-refractivity contribution is -0.169. The molecule has 0 N–H and O–H groups in total. The Labute approximate surface area is 287 Å². The van der Waals surface area contributed by atoms with Crippen molar-refractivity contribution in [3.05, 3.63) is 54.1 Å². The molecule has 0 radical (unpaired) electrons. The molecule has 48 heavy (non-hydrogen) atoms. The second-order valence-corrected chi connectivity index (χ2v) is 12.9. The van der Waals surface area contributed by atoms with Crippen LogP contribution in [0.5, 0.6) is 5.75 Å². The van der Waals surface area contributed by atoms with Gasteiger partial charge in [0.1, 0.15) is 24.4 Å². The molecule has 2 aromatic carbocycles. The molecule has 266 valence electrons. The number of rotatable bonds is 24. The maximum Gasteiger partial charge on any atom is 0.338 e. The lowest BCUT2D eigenvalue weighted by Crippen LogP contribution is -2.40. The smallest absolute Gasteiger partial charge is 0.338 e. The summed E-state index contributed by atoms with van der Waals surface area (Å²) in [6, 6.07) is 15.6. The first kappa shape index (κ1) is 40.3. The van der Waals surface area contributed by atoms with E-state index in [0.29, 0.717) is 24.7 Å². The third-order valence-electron chi connectivity index (χ3n) is 8.23. The quantitative estimate of drug-likeness (QED) is 0.0617. The molecule has 9 nitrogen and oxygen atoms in total. The van der Waals surface area contributed by atoms with Crippen LogP contribution in [0.2, 0.25) is 0 Å². The zero-order chi connectivity index (χ0) is 35.2. The summed E-state index contributed by atoms with van der Waals surface area (Å²) in [7, 11) is 0. The first-order valence-electron chi connectivity index (χ1n) is 17.5. The van der Waals surface area contributed by atoms with Crippen molar-refractivity contribution in [1.82, 2.24) is 0 Å². The second-order valence-electron chi connectivity index (χ2n) is 12.9. The average Bonchev–Trinajstić information content (AvgIpc) is 3.08. The Morgan fingerprint density at radius 1 is 0.625 bits per heavy atom. The molecule has 0 aliphatic carbocycles. The summed E-state index contributed by atoms with van der Waals surface area (Å²) in [5, 5.41) is 0. The number of benzene rings is 2. The zero-order valence-corrected chi connectivity index (χ0v) is 29.7. The van der Waals surface area contributed by atoms with E-state index >= 15 is 0 Å². The van der Waals surface area contributed by atoms with Gasteiger partial charge in [0.15, 0.2) is 0 Å². The summed E-state index contributed by atoms with van der Waals surface area (Å²) in [6.45, 7) is 9.26. The minimum absolute atomic E-state index is 0.201. The molecule has 2 rings (SSSR count). The van der Waals surface area contributed by atoms with Gasteiger partial charge in [-0.05, 0) is 61.1 Å². The van der Waals surface area contributed by atoms with Crippen LogP contribution in [0, 0.1) is 11.3 Å². The first-order valence-corrected chi connectivity index (χ1v) is 17.5. The van der Waals surface area contributed by atoms with Gasteiger partial charge in [-0.15, -0.1) is 0 Å². The molecule has 1 unspecified atom stereocenters. The highest BCUT2D eigenvalue weighted by Gasteiger charge is 2.38. The third-order valence-corrected chi connectivity index (χ3v) is 8.23. The van der Waals surface area contributed by atoms with E-state index in [2.05, 4.69) is 13.8 Å². The summed E-state index contributed by atoms with van der Waals surface area (Å²) in [5.41, 5.74) is 1.45. The van der Waals surface area contributed by atoms with Crippen LogP contribution in [0.4, 0.5) is 0 Å². The van der Waals surface area contributed by atoms with Crippen molar-refractivity contribution in [2.45, 2.75) is 105 Å². The Morgan fingerprint density at radius 3 is 1.56 bits per heavy atom. The molecule has 0 bridgehead atoms. The van der Waals surface area contributed by atoms with E-state index in [1.54, 1.807) is 6.92 Å². The fourth-order valence-electron chi connectivity index (χ4n) is 4.79. The number of esters is 4. The normalized spacial score (nSPS) is 11.8. The van der Waals surface area contributed by atoms with Crippen molar-refractivity contribution < 1.29 is 42.9 Å². The van der Waals surface area contributed by atoms with Gasteiger partial charge in [0.05, 0.1) is 25.4 Å². The molecule has 9 heteroatoms. The van der Waals surface area contributed by atoms with Gasteiger partial charge >= 0.3 is 23.9 Å². The highest BCUT2D eigenvalue weighted by Crippen LogP contribution is 2.24. The van der Waals surface area contributed by atoms with E-state index in [9.17, 15) is 19.2 Å². The average molecular weight is 669 g/mol. The standard InChI is InChI=1S/C39H56O9/c1-6-30(2)27-46-37(42)35-19-17-33(18-20-35)34-21-23-36(24-22-34)44-25-15-13-11-9-7-8-10-12-14-16-26-45-38(43)39(5,28-47-31(3)40)29-48-32(4)41/h17-24,30H,6-16,25-29H2,1-5H3. The van der Waals surface area contributed by atoms with Crippen LogP contribution in [0.25, 0.3) is 11.1 Å². The minimum Gasteiger partial charge on any atom is -0.494 e. The predicted octanol–water partition coefficient (Wildman–Crippen LogP) is 8.51. The maximum atomic E-state index is 12.6. The maximum absolute atomic E-state index is 12.6. The van der Waals surface area contributed by atoms with Crippen LogP contribution in [0.3, 0.4) is 0 Å². The Hall–Kier alpha value is -3.88. The number of carbonyl (C=O) groups excluding carboxylic acids is 4. The van der Waals surface area contributed by atoms with Crippen LogP contribution >= 0.6 is 0 Å². The van der Waals surface area contributed by atoms with Crippen LogP contribution in [0.1, 0.15) is 116 Å². The Morgan fingerprint density at radius 2 is 1.08 bits per heavy atom. The lowest BCUT2D eigenvalue weighted by Gasteiger charge is -2.26. The minimum atomic E-state index is -1.23. The summed E-state index contributed by atoms with van der Waals surface area (Å²) in [4.78, 5) is 47.2. The number of unbranched alkanes of at least 4 members (excludes halogenated alkanes) is 9. The highest BCUT2D eigenvalue weighted by atomic mass is 16.6.